The molecular formula is C18H18BrNO3. The smallest absolute Gasteiger partial charge is 0.334 e. The highest BCUT2D eigenvalue weighted by Gasteiger charge is 2.26. The van der Waals surface area contributed by atoms with E-state index >= 15 is 0 Å². The number of rotatable bonds is 5. The van der Waals surface area contributed by atoms with Gasteiger partial charge in [0.1, 0.15) is 11.8 Å². The average molecular weight is 376 g/mol. The molecule has 2 aromatic rings. The van der Waals surface area contributed by atoms with Crippen LogP contribution in [-0.4, -0.2) is 17.9 Å². The highest BCUT2D eigenvalue weighted by Crippen LogP contribution is 2.14. The van der Waals surface area contributed by atoms with Crippen LogP contribution in [0.15, 0.2) is 59.1 Å². The van der Waals surface area contributed by atoms with Gasteiger partial charge in [-0.15, -0.1) is 0 Å². The first-order valence-electron chi connectivity index (χ1n) is 7.30. The zero-order valence-corrected chi connectivity index (χ0v) is 14.5. The van der Waals surface area contributed by atoms with Crippen molar-refractivity contribution in [2.24, 2.45) is 5.92 Å². The van der Waals surface area contributed by atoms with Crippen molar-refractivity contribution >= 4 is 27.8 Å². The van der Waals surface area contributed by atoms with Crippen molar-refractivity contribution in [3.05, 3.63) is 64.6 Å². The lowest BCUT2D eigenvalue weighted by Crippen LogP contribution is -2.46. The minimum absolute atomic E-state index is 0.0920. The summed E-state index contributed by atoms with van der Waals surface area (Å²) in [6, 6.07) is 15.0. The molecule has 1 amide bonds. The summed E-state index contributed by atoms with van der Waals surface area (Å²) >= 11 is 3.32. The maximum absolute atomic E-state index is 12.3. The van der Waals surface area contributed by atoms with Gasteiger partial charge in [-0.3, -0.25) is 4.79 Å². The van der Waals surface area contributed by atoms with Crippen LogP contribution < -0.4 is 10.1 Å². The topological polar surface area (TPSA) is 55.4 Å². The molecule has 4 nitrogen and oxygen atoms in total. The summed E-state index contributed by atoms with van der Waals surface area (Å²) in [6.45, 7) is 3.72. The normalized spacial score (nSPS) is 11.8. The standard InChI is InChI=1S/C18H18BrNO3/c1-12(2)16(18(22)23-15-6-4-3-5-7-15)20-17(21)13-8-10-14(19)11-9-13/h3-12,16H,1-2H3,(H,20,21)/t16-/m0/s1. The van der Waals surface area contributed by atoms with Gasteiger partial charge in [0.25, 0.3) is 5.91 Å². The first-order chi connectivity index (χ1) is 11.0. The van der Waals surface area contributed by atoms with Gasteiger partial charge in [-0.25, -0.2) is 4.79 Å². The van der Waals surface area contributed by atoms with E-state index in [0.717, 1.165) is 4.47 Å². The van der Waals surface area contributed by atoms with Gasteiger partial charge in [-0.05, 0) is 42.3 Å². The Morgan fingerprint density at radius 2 is 1.61 bits per heavy atom. The molecule has 0 saturated heterocycles. The van der Waals surface area contributed by atoms with E-state index in [1.54, 1.807) is 48.5 Å². The summed E-state index contributed by atoms with van der Waals surface area (Å²) in [5.41, 5.74) is 0.492. The molecule has 2 rings (SSSR count). The lowest BCUT2D eigenvalue weighted by molar-refractivity contribution is -0.137. The van der Waals surface area contributed by atoms with E-state index in [-0.39, 0.29) is 11.8 Å². The van der Waals surface area contributed by atoms with Crippen LogP contribution in [-0.2, 0) is 4.79 Å². The molecule has 0 heterocycles. The average Bonchev–Trinajstić information content (AvgIpc) is 2.53. The van der Waals surface area contributed by atoms with Crippen molar-refractivity contribution in [1.82, 2.24) is 5.32 Å². The lowest BCUT2D eigenvalue weighted by Gasteiger charge is -2.20. The number of nitrogens with one attached hydrogen (secondary N) is 1. The van der Waals surface area contributed by atoms with E-state index in [4.69, 9.17) is 4.74 Å². The fourth-order valence-electron chi connectivity index (χ4n) is 1.99. The molecular weight excluding hydrogens is 358 g/mol. The number of carbonyl (C=O) groups excluding carboxylic acids is 2. The highest BCUT2D eigenvalue weighted by molar-refractivity contribution is 9.10. The molecule has 0 aliphatic carbocycles. The third kappa shape index (κ3) is 4.93. The van der Waals surface area contributed by atoms with Crippen LogP contribution in [0.4, 0.5) is 0 Å². The zero-order chi connectivity index (χ0) is 16.8. The Morgan fingerprint density at radius 1 is 1.00 bits per heavy atom. The summed E-state index contributed by atoms with van der Waals surface area (Å²) < 4.78 is 6.22. The molecule has 0 unspecified atom stereocenters. The zero-order valence-electron chi connectivity index (χ0n) is 13.0. The lowest BCUT2D eigenvalue weighted by atomic mass is 10.0. The number of halogens is 1. The molecule has 2 aromatic carbocycles. The Hall–Kier alpha value is -2.14. The van der Waals surface area contributed by atoms with E-state index < -0.39 is 12.0 Å². The van der Waals surface area contributed by atoms with Gasteiger partial charge in [-0.1, -0.05) is 48.0 Å². The Labute approximate surface area is 144 Å². The number of benzene rings is 2. The Morgan fingerprint density at radius 3 is 2.17 bits per heavy atom. The van der Waals surface area contributed by atoms with Crippen LogP contribution in [0.5, 0.6) is 5.75 Å². The summed E-state index contributed by atoms with van der Waals surface area (Å²) in [5.74, 6) is -0.412. The van der Waals surface area contributed by atoms with Gasteiger partial charge in [0.05, 0.1) is 0 Å². The molecule has 0 bridgehead atoms. The van der Waals surface area contributed by atoms with Crippen molar-refractivity contribution in [2.75, 3.05) is 0 Å². The maximum atomic E-state index is 12.3. The molecule has 120 valence electrons. The molecule has 0 aromatic heterocycles. The molecule has 1 N–H and O–H groups in total. The number of hydrogen-bond donors (Lipinski definition) is 1. The highest BCUT2D eigenvalue weighted by atomic mass is 79.9. The molecule has 0 aliphatic rings. The predicted molar refractivity (Wildman–Crippen MR) is 92.3 cm³/mol. The predicted octanol–water partition coefficient (Wildman–Crippen LogP) is 3.81. The molecule has 1 atom stereocenters. The third-order valence-corrected chi connectivity index (χ3v) is 3.80. The largest absolute Gasteiger partial charge is 0.425 e. The maximum Gasteiger partial charge on any atom is 0.334 e. The van der Waals surface area contributed by atoms with Gasteiger partial charge in [0.15, 0.2) is 0 Å². The Kier molecular flexibility index (Phi) is 5.93. The SMILES string of the molecule is CC(C)[C@H](NC(=O)c1ccc(Br)cc1)C(=O)Oc1ccccc1. The van der Waals surface area contributed by atoms with Crippen LogP contribution in [0, 0.1) is 5.92 Å². The third-order valence-electron chi connectivity index (χ3n) is 3.28. The number of ether oxygens (including phenoxy) is 1. The number of hydrogen-bond acceptors (Lipinski definition) is 3. The van der Waals surface area contributed by atoms with Crippen LogP contribution in [0.3, 0.4) is 0 Å². The first-order valence-corrected chi connectivity index (χ1v) is 8.10. The fourth-order valence-corrected chi connectivity index (χ4v) is 2.26. The second kappa shape index (κ2) is 7.92. The van der Waals surface area contributed by atoms with Crippen molar-refractivity contribution in [3.63, 3.8) is 0 Å². The summed E-state index contributed by atoms with van der Waals surface area (Å²) in [7, 11) is 0. The molecule has 0 aliphatic heterocycles. The molecule has 5 heteroatoms. The minimum atomic E-state index is -0.716. The molecule has 0 spiro atoms. The van der Waals surface area contributed by atoms with Crippen molar-refractivity contribution in [3.8, 4) is 5.75 Å². The molecule has 23 heavy (non-hydrogen) atoms. The fraction of sp³-hybridized carbons (Fsp3) is 0.222. The van der Waals surface area contributed by atoms with Gasteiger partial charge < -0.3 is 10.1 Å². The number of carbonyl (C=O) groups is 2. The van der Waals surface area contributed by atoms with Gasteiger partial charge in [0.2, 0.25) is 0 Å². The first kappa shape index (κ1) is 17.2. The molecule has 0 fully saturated rings. The Bertz CT molecular complexity index is 668. The summed E-state index contributed by atoms with van der Waals surface area (Å²) in [6.07, 6.45) is 0. The number of esters is 1. The van der Waals surface area contributed by atoms with Gasteiger partial charge in [-0.2, -0.15) is 0 Å². The van der Waals surface area contributed by atoms with Gasteiger partial charge in [0, 0.05) is 10.0 Å². The molecule has 0 saturated carbocycles. The van der Waals surface area contributed by atoms with E-state index in [9.17, 15) is 9.59 Å². The van der Waals surface area contributed by atoms with Crippen molar-refractivity contribution < 1.29 is 14.3 Å². The quantitative estimate of drug-likeness (QED) is 0.638. The van der Waals surface area contributed by atoms with Crippen LogP contribution >= 0.6 is 15.9 Å². The monoisotopic (exact) mass is 375 g/mol. The second-order valence-electron chi connectivity index (χ2n) is 5.44. The van der Waals surface area contributed by atoms with E-state index in [1.807, 2.05) is 19.9 Å². The van der Waals surface area contributed by atoms with Crippen molar-refractivity contribution in [2.45, 2.75) is 19.9 Å². The number of amides is 1. The summed E-state index contributed by atoms with van der Waals surface area (Å²) in [4.78, 5) is 24.6. The summed E-state index contributed by atoms with van der Waals surface area (Å²) in [5, 5.41) is 2.74. The second-order valence-corrected chi connectivity index (χ2v) is 6.35. The molecule has 0 radical (unpaired) electrons. The van der Waals surface area contributed by atoms with E-state index in [0.29, 0.717) is 11.3 Å². The minimum Gasteiger partial charge on any atom is -0.425 e. The van der Waals surface area contributed by atoms with Crippen molar-refractivity contribution in [1.29, 1.82) is 0 Å². The van der Waals surface area contributed by atoms with E-state index in [2.05, 4.69) is 21.2 Å². The number of para-hydroxylation sites is 1. The van der Waals surface area contributed by atoms with Gasteiger partial charge >= 0.3 is 5.97 Å². The Balaban J connectivity index is 2.07. The van der Waals surface area contributed by atoms with E-state index in [1.165, 1.54) is 0 Å². The van der Waals surface area contributed by atoms with Crippen LogP contribution in [0.1, 0.15) is 24.2 Å². The van der Waals surface area contributed by atoms with Crippen LogP contribution in [0.25, 0.3) is 0 Å². The van der Waals surface area contributed by atoms with Crippen LogP contribution in [0.2, 0.25) is 0 Å².